The highest BCUT2D eigenvalue weighted by molar-refractivity contribution is 8.78. The Morgan fingerprint density at radius 2 is 1.75 bits per heavy atom. The summed E-state index contributed by atoms with van der Waals surface area (Å²) in [6.07, 6.45) is 0.329. The molecule has 2 amide bonds. The number of hydrogen-bond acceptors (Lipinski definition) is 8. The second-order valence-corrected chi connectivity index (χ2v) is 15.4. The van der Waals surface area contributed by atoms with Gasteiger partial charge in [0, 0.05) is 24.4 Å². The highest BCUT2D eigenvalue weighted by Crippen LogP contribution is 2.69. The number of azide groups is 1. The third-order valence-corrected chi connectivity index (χ3v) is 13.9. The van der Waals surface area contributed by atoms with Gasteiger partial charge in [-0.25, -0.2) is 12.7 Å². The molecule has 3 aromatic rings. The maximum absolute atomic E-state index is 14.6. The molecule has 14 heteroatoms. The summed E-state index contributed by atoms with van der Waals surface area (Å²) in [6, 6.07) is 23.0. The monoisotopic (exact) mass is 648 g/mol. The number of methoxy groups -OCH3 is 1. The smallest absolute Gasteiger partial charge is 0.266 e. The molecular weight excluding hydrogens is 621 g/mol. The summed E-state index contributed by atoms with van der Waals surface area (Å²) in [4.78, 5) is 33.8. The SMILES string of the molecule is COc1ccc([C@]23C[C@@]45SS[C@@H](C(=O)N4[C@H]2N(S(=O)(=O)c2ccccc2)c2ccccc23)N(CCCCN=[N+]=[N-])C5=O)cc1. The number of anilines is 1. The standard InChI is InChI=1S/C30H28N6O5S3/c1-41-21-15-13-20(14-16-21)29-19-30-28(38)34(18-8-7-17-32-33-31)26(42-43-30)25(37)35(30)27(29)36(24-12-6-5-11-23(24)29)44(39,40)22-9-3-2-4-10-22/h2-6,9-16,26-27H,7-8,17-19H2,1H3/t26-,27-,29-,30-/m0/s1. The van der Waals surface area contributed by atoms with Crippen molar-refractivity contribution in [3.8, 4) is 5.75 Å². The second-order valence-electron chi connectivity index (χ2n) is 11.1. The molecule has 0 N–H and O–H groups in total. The van der Waals surface area contributed by atoms with Crippen LogP contribution in [-0.4, -0.2) is 66.6 Å². The lowest BCUT2D eigenvalue weighted by Gasteiger charge is -2.54. The first-order valence-electron chi connectivity index (χ1n) is 14.1. The van der Waals surface area contributed by atoms with Gasteiger partial charge in [-0.05, 0) is 59.8 Å². The molecule has 0 saturated carbocycles. The van der Waals surface area contributed by atoms with Crippen molar-refractivity contribution >= 4 is 49.1 Å². The maximum atomic E-state index is 14.6. The van der Waals surface area contributed by atoms with Crippen LogP contribution in [0.5, 0.6) is 5.75 Å². The van der Waals surface area contributed by atoms with E-state index in [1.54, 1.807) is 59.4 Å². The lowest BCUT2D eigenvalue weighted by Crippen LogP contribution is -2.72. The number of sulfonamides is 1. The first-order valence-corrected chi connectivity index (χ1v) is 17.8. The molecule has 5 aliphatic rings. The molecular formula is C30H28N6O5S3. The molecule has 1 spiro atoms. The Hall–Kier alpha value is -3.84. The molecule has 3 aromatic carbocycles. The van der Waals surface area contributed by atoms with Gasteiger partial charge in [0.2, 0.25) is 0 Å². The number of ether oxygens (including phenoxy) is 1. The first kappa shape index (κ1) is 28.9. The van der Waals surface area contributed by atoms with Crippen LogP contribution in [0.2, 0.25) is 0 Å². The number of hydrogen-bond donors (Lipinski definition) is 0. The summed E-state index contributed by atoms with van der Waals surface area (Å²) in [5, 5.41) is 2.78. The number of rotatable bonds is 9. The second kappa shape index (κ2) is 10.7. The van der Waals surface area contributed by atoms with Crippen LogP contribution in [-0.2, 0) is 25.0 Å². The molecule has 2 bridgehead atoms. The van der Waals surface area contributed by atoms with E-state index in [1.807, 2.05) is 36.4 Å². The quantitative estimate of drug-likeness (QED) is 0.104. The van der Waals surface area contributed by atoms with E-state index < -0.39 is 31.8 Å². The zero-order chi connectivity index (χ0) is 30.7. The van der Waals surface area contributed by atoms with Crippen LogP contribution in [0.15, 0.2) is 88.9 Å². The van der Waals surface area contributed by atoms with Gasteiger partial charge in [0.25, 0.3) is 21.8 Å². The number of fused-ring (bicyclic) bond motifs is 5. The topological polar surface area (TPSA) is 136 Å². The van der Waals surface area contributed by atoms with Crippen molar-refractivity contribution in [3.05, 3.63) is 100 Å². The first-order chi connectivity index (χ1) is 21.3. The average Bonchev–Trinajstić information content (AvgIpc) is 3.52. The van der Waals surface area contributed by atoms with Crippen LogP contribution in [0.4, 0.5) is 5.69 Å². The highest BCUT2D eigenvalue weighted by atomic mass is 33.1. The molecule has 0 radical (unpaired) electrons. The minimum atomic E-state index is -4.18. The van der Waals surface area contributed by atoms with Gasteiger partial charge in [-0.1, -0.05) is 75.2 Å². The van der Waals surface area contributed by atoms with Gasteiger partial charge >= 0.3 is 0 Å². The lowest BCUT2D eigenvalue weighted by molar-refractivity contribution is -0.159. The van der Waals surface area contributed by atoms with Crippen molar-refractivity contribution in [2.24, 2.45) is 5.11 Å². The Bertz CT molecular complexity index is 1800. The average molecular weight is 649 g/mol. The fourth-order valence-corrected chi connectivity index (χ4v) is 12.2. The number of carbonyl (C=O) groups excluding carboxylic acids is 2. The van der Waals surface area contributed by atoms with Crippen molar-refractivity contribution in [3.63, 3.8) is 0 Å². The van der Waals surface area contributed by atoms with E-state index in [1.165, 1.54) is 25.9 Å². The Kier molecular flexibility index (Phi) is 7.00. The Labute approximate surface area is 262 Å². The predicted octanol–water partition coefficient (Wildman–Crippen LogP) is 5.10. The fraction of sp³-hybridized carbons (Fsp3) is 0.333. The Morgan fingerprint density at radius 1 is 1.02 bits per heavy atom. The predicted molar refractivity (Wildman–Crippen MR) is 168 cm³/mol. The Balaban J connectivity index is 1.42. The minimum Gasteiger partial charge on any atom is -0.497 e. The largest absolute Gasteiger partial charge is 0.497 e. The molecule has 4 saturated heterocycles. The molecule has 0 aliphatic carbocycles. The normalized spacial score (nSPS) is 26.7. The molecule has 11 nitrogen and oxygen atoms in total. The summed E-state index contributed by atoms with van der Waals surface area (Å²) in [7, 11) is 0.106. The van der Waals surface area contributed by atoms with E-state index in [9.17, 15) is 18.0 Å². The third kappa shape index (κ3) is 3.91. The molecule has 4 atom stereocenters. The lowest BCUT2D eigenvalue weighted by atomic mass is 9.72. The molecule has 0 aromatic heterocycles. The van der Waals surface area contributed by atoms with E-state index in [2.05, 4.69) is 10.0 Å². The minimum absolute atomic E-state index is 0.103. The Morgan fingerprint density at radius 3 is 2.48 bits per heavy atom. The number of amides is 2. The molecule has 44 heavy (non-hydrogen) atoms. The zero-order valence-electron chi connectivity index (χ0n) is 23.6. The van der Waals surface area contributed by atoms with Crippen LogP contribution in [0, 0.1) is 0 Å². The van der Waals surface area contributed by atoms with Gasteiger partial charge in [0.15, 0.2) is 10.2 Å². The maximum Gasteiger partial charge on any atom is 0.266 e. The van der Waals surface area contributed by atoms with Crippen molar-refractivity contribution in [2.75, 3.05) is 24.5 Å². The fourth-order valence-electron chi connectivity index (χ4n) is 7.06. The zero-order valence-corrected chi connectivity index (χ0v) is 26.1. The number of benzene rings is 3. The number of para-hydroxylation sites is 1. The van der Waals surface area contributed by atoms with Gasteiger partial charge in [-0.15, -0.1) is 0 Å². The highest BCUT2D eigenvalue weighted by Gasteiger charge is 2.77. The number of unbranched alkanes of at least 4 members (excludes halogenated alkanes) is 1. The van der Waals surface area contributed by atoms with Crippen molar-refractivity contribution < 1.29 is 22.7 Å². The van der Waals surface area contributed by atoms with Crippen LogP contribution >= 0.6 is 21.6 Å². The molecule has 5 aliphatic heterocycles. The van der Waals surface area contributed by atoms with E-state index in [0.29, 0.717) is 37.4 Å². The van der Waals surface area contributed by atoms with Crippen molar-refractivity contribution in [2.45, 2.75) is 46.0 Å². The van der Waals surface area contributed by atoms with Gasteiger partial charge < -0.3 is 9.64 Å². The van der Waals surface area contributed by atoms with E-state index in [4.69, 9.17) is 10.3 Å². The van der Waals surface area contributed by atoms with Crippen LogP contribution in [0.25, 0.3) is 10.4 Å². The summed E-state index contributed by atoms with van der Waals surface area (Å²) >= 11 is 0. The molecule has 8 rings (SSSR count). The van der Waals surface area contributed by atoms with Crippen LogP contribution in [0.1, 0.15) is 30.4 Å². The van der Waals surface area contributed by atoms with Gasteiger partial charge in [-0.3, -0.25) is 14.5 Å². The van der Waals surface area contributed by atoms with Gasteiger partial charge in [0.1, 0.15) is 11.9 Å². The van der Waals surface area contributed by atoms with Crippen molar-refractivity contribution in [1.29, 1.82) is 0 Å². The van der Waals surface area contributed by atoms with E-state index in [0.717, 1.165) is 11.1 Å². The molecule has 4 fully saturated rings. The van der Waals surface area contributed by atoms with Gasteiger partial charge in [-0.2, -0.15) is 0 Å². The van der Waals surface area contributed by atoms with E-state index in [-0.39, 0.29) is 23.1 Å². The van der Waals surface area contributed by atoms with Crippen LogP contribution < -0.4 is 9.04 Å². The summed E-state index contributed by atoms with van der Waals surface area (Å²) in [5.74, 6) is 0.150. The third-order valence-electron chi connectivity index (χ3n) is 8.92. The van der Waals surface area contributed by atoms with Crippen LogP contribution in [0.3, 0.4) is 0 Å². The number of piperazine rings is 1. The summed E-state index contributed by atoms with van der Waals surface area (Å²) in [6.45, 7) is 0.643. The van der Waals surface area contributed by atoms with Gasteiger partial charge in [0.05, 0.1) is 23.1 Å². The van der Waals surface area contributed by atoms with Crippen molar-refractivity contribution in [1.82, 2.24) is 9.80 Å². The molecule has 0 unspecified atom stereocenters. The molecule has 226 valence electrons. The van der Waals surface area contributed by atoms with E-state index >= 15 is 0 Å². The summed E-state index contributed by atoms with van der Waals surface area (Å²) < 4.78 is 36.0. The number of carbonyl (C=O) groups is 2. The summed E-state index contributed by atoms with van der Waals surface area (Å²) in [5.41, 5.74) is 9.59. The molecule has 5 heterocycles. The number of nitrogens with zero attached hydrogens (tertiary/aromatic N) is 6.